The minimum absolute atomic E-state index is 0.132. The van der Waals surface area contributed by atoms with Crippen molar-refractivity contribution in [1.82, 2.24) is 10.3 Å². The molecule has 4 heteroatoms. The van der Waals surface area contributed by atoms with Crippen LogP contribution in [0, 0.1) is 11.3 Å². The lowest BCUT2D eigenvalue weighted by Crippen LogP contribution is -2.26. The van der Waals surface area contributed by atoms with Gasteiger partial charge in [0, 0.05) is 18.0 Å². The molecule has 0 aliphatic carbocycles. The summed E-state index contributed by atoms with van der Waals surface area (Å²) in [5.41, 5.74) is 1.89. The second-order valence-corrected chi connectivity index (χ2v) is 4.17. The van der Waals surface area contributed by atoms with Crippen molar-refractivity contribution in [2.45, 2.75) is 13.0 Å². The van der Waals surface area contributed by atoms with E-state index in [1.807, 2.05) is 25.1 Å². The van der Waals surface area contributed by atoms with Crippen molar-refractivity contribution in [3.8, 4) is 6.07 Å². The molecule has 1 unspecified atom stereocenters. The molecule has 19 heavy (non-hydrogen) atoms. The summed E-state index contributed by atoms with van der Waals surface area (Å²) in [6.07, 6.45) is 3.41. The normalized spacial score (nSPS) is 11.4. The zero-order valence-corrected chi connectivity index (χ0v) is 10.5. The molecule has 94 valence electrons. The molecule has 0 saturated carbocycles. The standard InChI is InChI=1S/C15H13N3O/c1-11(14-6-3-7-17-10-14)18-15(19)13-5-2-4-12(8-13)9-16/h2-8,10-11H,1H3,(H,18,19). The van der Waals surface area contributed by atoms with Crippen LogP contribution in [0.1, 0.15) is 34.5 Å². The van der Waals surface area contributed by atoms with E-state index >= 15 is 0 Å². The predicted molar refractivity (Wildman–Crippen MR) is 71.3 cm³/mol. The summed E-state index contributed by atoms with van der Waals surface area (Å²) in [4.78, 5) is 16.1. The molecule has 1 amide bonds. The number of pyridine rings is 1. The van der Waals surface area contributed by atoms with Crippen LogP contribution in [0.4, 0.5) is 0 Å². The zero-order chi connectivity index (χ0) is 13.7. The molecule has 1 aromatic carbocycles. The van der Waals surface area contributed by atoms with Gasteiger partial charge in [0.05, 0.1) is 17.7 Å². The van der Waals surface area contributed by atoms with Gasteiger partial charge >= 0.3 is 0 Å². The fraction of sp³-hybridized carbons (Fsp3) is 0.133. The molecule has 1 N–H and O–H groups in total. The van der Waals surface area contributed by atoms with Crippen LogP contribution in [0.5, 0.6) is 0 Å². The van der Waals surface area contributed by atoms with Gasteiger partial charge in [0.15, 0.2) is 0 Å². The lowest BCUT2D eigenvalue weighted by Gasteiger charge is -2.13. The molecule has 0 aliphatic rings. The van der Waals surface area contributed by atoms with Gasteiger partial charge in [0.2, 0.25) is 0 Å². The number of aromatic nitrogens is 1. The maximum atomic E-state index is 12.1. The Balaban J connectivity index is 2.11. The summed E-state index contributed by atoms with van der Waals surface area (Å²) >= 11 is 0. The Morgan fingerprint density at radius 3 is 2.89 bits per heavy atom. The summed E-state index contributed by atoms with van der Waals surface area (Å²) in [5.74, 6) is -0.201. The minimum Gasteiger partial charge on any atom is -0.345 e. The second-order valence-electron chi connectivity index (χ2n) is 4.17. The summed E-state index contributed by atoms with van der Waals surface area (Å²) in [7, 11) is 0. The Labute approximate surface area is 111 Å². The quantitative estimate of drug-likeness (QED) is 0.911. The number of hydrogen-bond donors (Lipinski definition) is 1. The molecule has 1 heterocycles. The fourth-order valence-electron chi connectivity index (χ4n) is 1.73. The SMILES string of the molecule is CC(NC(=O)c1cccc(C#N)c1)c1cccnc1. The molecule has 1 aromatic heterocycles. The van der Waals surface area contributed by atoms with Crippen LogP contribution < -0.4 is 5.32 Å². The topological polar surface area (TPSA) is 65.8 Å². The lowest BCUT2D eigenvalue weighted by molar-refractivity contribution is 0.0940. The van der Waals surface area contributed by atoms with Crippen LogP contribution in [-0.4, -0.2) is 10.9 Å². The van der Waals surface area contributed by atoms with Crippen LogP contribution in [0.2, 0.25) is 0 Å². The van der Waals surface area contributed by atoms with E-state index < -0.39 is 0 Å². The van der Waals surface area contributed by atoms with E-state index in [4.69, 9.17) is 5.26 Å². The zero-order valence-electron chi connectivity index (χ0n) is 10.5. The molecule has 0 fully saturated rings. The predicted octanol–water partition coefficient (Wildman–Crippen LogP) is 2.44. The summed E-state index contributed by atoms with van der Waals surface area (Å²) in [5, 5.41) is 11.7. The first-order valence-corrected chi connectivity index (χ1v) is 5.91. The van der Waals surface area contributed by atoms with E-state index in [1.54, 1.807) is 36.7 Å². The van der Waals surface area contributed by atoms with E-state index in [-0.39, 0.29) is 11.9 Å². The number of nitriles is 1. The van der Waals surface area contributed by atoms with Crippen LogP contribution in [-0.2, 0) is 0 Å². The van der Waals surface area contributed by atoms with Gasteiger partial charge < -0.3 is 5.32 Å². The summed E-state index contributed by atoms with van der Waals surface area (Å²) in [6.45, 7) is 1.89. The second kappa shape index (κ2) is 5.78. The third-order valence-corrected chi connectivity index (χ3v) is 2.79. The van der Waals surface area contributed by atoms with Gasteiger partial charge in [-0.2, -0.15) is 5.26 Å². The fourth-order valence-corrected chi connectivity index (χ4v) is 1.73. The van der Waals surface area contributed by atoms with Crippen LogP contribution >= 0.6 is 0 Å². The van der Waals surface area contributed by atoms with Gasteiger partial charge in [0.1, 0.15) is 0 Å². The average Bonchev–Trinajstić information content (AvgIpc) is 2.48. The highest BCUT2D eigenvalue weighted by atomic mass is 16.1. The van der Waals surface area contributed by atoms with Crippen molar-refractivity contribution in [3.63, 3.8) is 0 Å². The minimum atomic E-state index is -0.201. The van der Waals surface area contributed by atoms with E-state index in [0.29, 0.717) is 11.1 Å². The highest BCUT2D eigenvalue weighted by molar-refractivity contribution is 5.94. The maximum absolute atomic E-state index is 12.1. The third kappa shape index (κ3) is 3.17. The van der Waals surface area contributed by atoms with Gasteiger partial charge in [-0.3, -0.25) is 9.78 Å². The van der Waals surface area contributed by atoms with Gasteiger partial charge in [-0.15, -0.1) is 0 Å². The average molecular weight is 251 g/mol. The first-order valence-electron chi connectivity index (χ1n) is 5.91. The summed E-state index contributed by atoms with van der Waals surface area (Å²) < 4.78 is 0. The van der Waals surface area contributed by atoms with Crippen molar-refractivity contribution in [1.29, 1.82) is 5.26 Å². The molecule has 1 atom stereocenters. The first kappa shape index (κ1) is 12.8. The Morgan fingerprint density at radius 1 is 1.37 bits per heavy atom. The lowest BCUT2D eigenvalue weighted by atomic mass is 10.1. The van der Waals surface area contributed by atoms with Crippen LogP contribution in [0.15, 0.2) is 48.8 Å². The van der Waals surface area contributed by atoms with Gasteiger partial charge in [-0.05, 0) is 36.8 Å². The van der Waals surface area contributed by atoms with E-state index in [0.717, 1.165) is 5.56 Å². The van der Waals surface area contributed by atoms with Crippen molar-refractivity contribution < 1.29 is 4.79 Å². The number of hydrogen-bond acceptors (Lipinski definition) is 3. The van der Waals surface area contributed by atoms with Gasteiger partial charge in [-0.1, -0.05) is 12.1 Å². The number of carbonyl (C=O) groups excluding carboxylic acids is 1. The summed E-state index contributed by atoms with van der Waals surface area (Å²) in [6, 6.07) is 12.2. The van der Waals surface area contributed by atoms with Gasteiger partial charge in [0.25, 0.3) is 5.91 Å². The molecular weight excluding hydrogens is 238 g/mol. The molecule has 0 spiro atoms. The van der Waals surface area contributed by atoms with E-state index in [9.17, 15) is 4.79 Å². The molecule has 2 rings (SSSR count). The smallest absolute Gasteiger partial charge is 0.251 e. The van der Waals surface area contributed by atoms with Crippen molar-refractivity contribution in [2.75, 3.05) is 0 Å². The van der Waals surface area contributed by atoms with Crippen LogP contribution in [0.3, 0.4) is 0 Å². The Kier molecular flexibility index (Phi) is 3.89. The number of nitrogens with zero attached hydrogens (tertiary/aromatic N) is 2. The number of amides is 1. The molecule has 0 aliphatic heterocycles. The highest BCUT2D eigenvalue weighted by Crippen LogP contribution is 2.12. The number of carbonyl (C=O) groups is 1. The molecule has 0 radical (unpaired) electrons. The van der Waals surface area contributed by atoms with Crippen molar-refractivity contribution >= 4 is 5.91 Å². The molecular formula is C15H13N3O. The van der Waals surface area contributed by atoms with Crippen LogP contribution in [0.25, 0.3) is 0 Å². The third-order valence-electron chi connectivity index (χ3n) is 2.79. The maximum Gasteiger partial charge on any atom is 0.251 e. The largest absolute Gasteiger partial charge is 0.345 e. The van der Waals surface area contributed by atoms with Crippen molar-refractivity contribution in [2.24, 2.45) is 0 Å². The Bertz CT molecular complexity index is 617. The monoisotopic (exact) mass is 251 g/mol. The number of benzene rings is 1. The number of rotatable bonds is 3. The molecule has 0 saturated heterocycles. The highest BCUT2D eigenvalue weighted by Gasteiger charge is 2.11. The van der Waals surface area contributed by atoms with E-state index in [1.165, 1.54) is 0 Å². The molecule has 2 aromatic rings. The van der Waals surface area contributed by atoms with E-state index in [2.05, 4.69) is 10.3 Å². The van der Waals surface area contributed by atoms with Crippen molar-refractivity contribution in [3.05, 3.63) is 65.5 Å². The number of nitrogens with one attached hydrogen (secondary N) is 1. The Morgan fingerprint density at radius 2 is 2.21 bits per heavy atom. The molecule has 4 nitrogen and oxygen atoms in total. The molecule has 0 bridgehead atoms. The Hall–Kier alpha value is -2.67. The van der Waals surface area contributed by atoms with Gasteiger partial charge in [-0.25, -0.2) is 0 Å². The first-order chi connectivity index (χ1) is 9.20.